The van der Waals surface area contributed by atoms with E-state index in [1.165, 1.54) is 0 Å². The van der Waals surface area contributed by atoms with Crippen LogP contribution >= 0.6 is 12.4 Å². The molecule has 0 radical (unpaired) electrons. The highest BCUT2D eigenvalue weighted by Crippen LogP contribution is 2.41. The minimum atomic E-state index is -0.376. The third kappa shape index (κ3) is 1.95. The number of hydrogen-bond acceptors (Lipinski definition) is 3. The maximum absolute atomic E-state index is 11.2. The van der Waals surface area contributed by atoms with Crippen LogP contribution in [0.25, 0.3) is 0 Å². The molecule has 1 unspecified atom stereocenters. The summed E-state index contributed by atoms with van der Waals surface area (Å²) < 4.78 is 0. The molecule has 0 aromatic heterocycles. The van der Waals surface area contributed by atoms with Gasteiger partial charge in [0.25, 0.3) is 0 Å². The van der Waals surface area contributed by atoms with Crippen molar-refractivity contribution in [2.24, 2.45) is 17.6 Å². The molecule has 1 amide bonds. The standard InChI is InChI=1S/C8H15N3O.ClH/c1-4(9)8(12)11-7-5-2-10-3-6(5)7;/h4-7,10H,2-3,9H2,1H3,(H,11,12);1H/t4-,5-,6+,7?;/m0./s1. The van der Waals surface area contributed by atoms with Crippen molar-refractivity contribution >= 4 is 18.3 Å². The van der Waals surface area contributed by atoms with Crippen LogP contribution in [-0.2, 0) is 4.79 Å². The number of carbonyl (C=O) groups is 1. The molecule has 5 heteroatoms. The molecular formula is C8H16ClN3O. The Morgan fingerprint density at radius 1 is 1.54 bits per heavy atom. The van der Waals surface area contributed by atoms with Gasteiger partial charge in [-0.2, -0.15) is 0 Å². The highest BCUT2D eigenvalue weighted by molar-refractivity contribution is 5.85. The monoisotopic (exact) mass is 205 g/mol. The summed E-state index contributed by atoms with van der Waals surface area (Å²) in [6.07, 6.45) is 0. The summed E-state index contributed by atoms with van der Waals surface area (Å²) in [5.41, 5.74) is 5.43. The van der Waals surface area contributed by atoms with Crippen LogP contribution in [0.3, 0.4) is 0 Å². The van der Waals surface area contributed by atoms with Gasteiger partial charge in [-0.25, -0.2) is 0 Å². The molecule has 1 saturated carbocycles. The van der Waals surface area contributed by atoms with Crippen molar-refractivity contribution in [3.63, 3.8) is 0 Å². The van der Waals surface area contributed by atoms with Gasteiger partial charge >= 0.3 is 0 Å². The van der Waals surface area contributed by atoms with Gasteiger partial charge in [0.15, 0.2) is 0 Å². The molecule has 0 bridgehead atoms. The Bertz CT molecular complexity index is 200. The van der Waals surface area contributed by atoms with Gasteiger partial charge in [-0.15, -0.1) is 12.4 Å². The van der Waals surface area contributed by atoms with Gasteiger partial charge in [0.05, 0.1) is 6.04 Å². The van der Waals surface area contributed by atoms with Crippen molar-refractivity contribution in [1.29, 1.82) is 0 Å². The maximum Gasteiger partial charge on any atom is 0.236 e. The molecule has 0 aromatic rings. The van der Waals surface area contributed by atoms with Crippen LogP contribution in [0.4, 0.5) is 0 Å². The summed E-state index contributed by atoms with van der Waals surface area (Å²) in [6.45, 7) is 3.81. The summed E-state index contributed by atoms with van der Waals surface area (Å²) in [6, 6.07) is 0.0315. The Labute approximate surface area is 84.0 Å². The molecule has 4 atom stereocenters. The fourth-order valence-corrected chi connectivity index (χ4v) is 1.93. The van der Waals surface area contributed by atoms with Gasteiger partial charge < -0.3 is 16.4 Å². The molecular weight excluding hydrogens is 190 g/mol. The predicted octanol–water partition coefficient (Wildman–Crippen LogP) is -0.911. The second-order valence-corrected chi connectivity index (χ2v) is 3.81. The fraction of sp³-hybridized carbons (Fsp3) is 0.875. The molecule has 2 fully saturated rings. The molecule has 0 aromatic carbocycles. The predicted molar refractivity (Wildman–Crippen MR) is 52.7 cm³/mol. The molecule has 1 aliphatic carbocycles. The van der Waals surface area contributed by atoms with Gasteiger partial charge in [-0.1, -0.05) is 0 Å². The summed E-state index contributed by atoms with van der Waals surface area (Å²) in [5.74, 6) is 1.33. The van der Waals surface area contributed by atoms with Gasteiger partial charge in [-0.3, -0.25) is 4.79 Å². The van der Waals surface area contributed by atoms with Crippen LogP contribution in [-0.4, -0.2) is 31.1 Å². The first-order valence-corrected chi connectivity index (χ1v) is 4.47. The minimum absolute atomic E-state index is 0. The van der Waals surface area contributed by atoms with E-state index in [4.69, 9.17) is 5.73 Å². The number of halogens is 1. The van der Waals surface area contributed by atoms with Gasteiger partial charge in [-0.05, 0) is 18.8 Å². The lowest BCUT2D eigenvalue weighted by molar-refractivity contribution is -0.122. The molecule has 1 heterocycles. The van der Waals surface area contributed by atoms with E-state index in [9.17, 15) is 4.79 Å². The van der Waals surface area contributed by atoms with Crippen LogP contribution < -0.4 is 16.4 Å². The highest BCUT2D eigenvalue weighted by atomic mass is 35.5. The fourth-order valence-electron chi connectivity index (χ4n) is 1.93. The van der Waals surface area contributed by atoms with Crippen molar-refractivity contribution in [2.45, 2.75) is 19.0 Å². The number of amides is 1. The van der Waals surface area contributed by atoms with Crippen LogP contribution in [0.2, 0.25) is 0 Å². The zero-order chi connectivity index (χ0) is 8.72. The third-order valence-corrected chi connectivity index (χ3v) is 2.81. The molecule has 1 aliphatic heterocycles. The molecule has 4 N–H and O–H groups in total. The van der Waals surface area contributed by atoms with Gasteiger partial charge in [0, 0.05) is 19.1 Å². The lowest BCUT2D eigenvalue weighted by atomic mass is 10.3. The van der Waals surface area contributed by atoms with E-state index in [2.05, 4.69) is 10.6 Å². The normalized spacial score (nSPS) is 37.2. The van der Waals surface area contributed by atoms with Crippen molar-refractivity contribution in [3.05, 3.63) is 0 Å². The molecule has 2 aliphatic rings. The summed E-state index contributed by atoms with van der Waals surface area (Å²) in [7, 11) is 0. The number of hydrogen-bond donors (Lipinski definition) is 3. The van der Waals surface area contributed by atoms with Crippen LogP contribution in [0.15, 0.2) is 0 Å². The average Bonchev–Trinajstić information content (AvgIpc) is 2.46. The van der Waals surface area contributed by atoms with Crippen LogP contribution in [0, 0.1) is 11.8 Å². The van der Waals surface area contributed by atoms with Gasteiger partial charge in [0.1, 0.15) is 0 Å². The number of piperidine rings is 1. The van der Waals surface area contributed by atoms with E-state index < -0.39 is 0 Å². The Balaban J connectivity index is 0.000000845. The van der Waals surface area contributed by atoms with E-state index in [1.807, 2.05) is 0 Å². The van der Waals surface area contributed by atoms with E-state index in [0.717, 1.165) is 13.1 Å². The first-order valence-electron chi connectivity index (χ1n) is 4.47. The molecule has 1 saturated heterocycles. The molecule has 0 spiro atoms. The molecule has 76 valence electrons. The van der Waals surface area contributed by atoms with E-state index in [-0.39, 0.29) is 24.4 Å². The number of nitrogens with one attached hydrogen (secondary N) is 2. The van der Waals surface area contributed by atoms with Crippen molar-refractivity contribution in [1.82, 2.24) is 10.6 Å². The number of rotatable bonds is 2. The molecule has 4 nitrogen and oxygen atoms in total. The van der Waals surface area contributed by atoms with E-state index in [1.54, 1.807) is 6.92 Å². The number of carbonyl (C=O) groups excluding carboxylic acids is 1. The Kier molecular flexibility index (Phi) is 3.16. The third-order valence-electron chi connectivity index (χ3n) is 2.81. The molecule has 2 rings (SSSR count). The summed E-state index contributed by atoms with van der Waals surface area (Å²) in [5, 5.41) is 6.22. The second-order valence-electron chi connectivity index (χ2n) is 3.81. The lowest BCUT2D eigenvalue weighted by Gasteiger charge is -2.09. The SMILES string of the molecule is C[C@H](N)C(=O)NC1[C@H]2CNC[C@@H]12.Cl. The zero-order valence-electron chi connectivity index (χ0n) is 7.62. The first kappa shape index (κ1) is 10.8. The number of fused-ring (bicyclic) bond motifs is 1. The maximum atomic E-state index is 11.2. The smallest absolute Gasteiger partial charge is 0.236 e. The zero-order valence-corrected chi connectivity index (χ0v) is 8.43. The van der Waals surface area contributed by atoms with Crippen molar-refractivity contribution in [3.8, 4) is 0 Å². The van der Waals surface area contributed by atoms with E-state index in [0.29, 0.717) is 17.9 Å². The first-order chi connectivity index (χ1) is 5.70. The van der Waals surface area contributed by atoms with Crippen molar-refractivity contribution < 1.29 is 4.79 Å². The highest BCUT2D eigenvalue weighted by Gasteiger charge is 2.53. The minimum Gasteiger partial charge on any atom is -0.351 e. The Hall–Kier alpha value is -0.320. The summed E-state index contributed by atoms with van der Waals surface area (Å²) in [4.78, 5) is 11.2. The quantitative estimate of drug-likeness (QED) is 0.547. The van der Waals surface area contributed by atoms with Gasteiger partial charge in [0.2, 0.25) is 5.91 Å². The lowest BCUT2D eigenvalue weighted by Crippen LogP contribution is -2.41. The largest absolute Gasteiger partial charge is 0.351 e. The van der Waals surface area contributed by atoms with Crippen LogP contribution in [0.5, 0.6) is 0 Å². The van der Waals surface area contributed by atoms with Crippen molar-refractivity contribution in [2.75, 3.05) is 13.1 Å². The van der Waals surface area contributed by atoms with E-state index >= 15 is 0 Å². The Morgan fingerprint density at radius 2 is 2.08 bits per heavy atom. The summed E-state index contributed by atoms with van der Waals surface area (Å²) >= 11 is 0. The number of nitrogens with two attached hydrogens (primary N) is 1. The topological polar surface area (TPSA) is 67.2 Å². The van der Waals surface area contributed by atoms with Crippen LogP contribution in [0.1, 0.15) is 6.92 Å². The molecule has 13 heavy (non-hydrogen) atoms. The Morgan fingerprint density at radius 3 is 2.54 bits per heavy atom. The second kappa shape index (κ2) is 3.82. The average molecular weight is 206 g/mol.